The van der Waals surface area contributed by atoms with E-state index < -0.39 is 0 Å². The quantitative estimate of drug-likeness (QED) is 0.882. The molecule has 0 fully saturated rings. The van der Waals surface area contributed by atoms with Crippen molar-refractivity contribution in [1.82, 2.24) is 5.32 Å². The number of amides is 1. The lowest BCUT2D eigenvalue weighted by molar-refractivity contribution is -0.120. The van der Waals surface area contributed by atoms with Gasteiger partial charge in [0.05, 0.1) is 6.42 Å². The number of aromatic hydroxyl groups is 1. The highest BCUT2D eigenvalue weighted by molar-refractivity contribution is 5.78. The minimum absolute atomic E-state index is 0.0474. The van der Waals surface area contributed by atoms with Crippen LogP contribution in [-0.4, -0.2) is 11.0 Å². The van der Waals surface area contributed by atoms with Crippen molar-refractivity contribution in [3.05, 3.63) is 65.2 Å². The molecule has 0 aliphatic rings. The number of aryl methyl sites for hydroxylation is 1. The van der Waals surface area contributed by atoms with E-state index >= 15 is 0 Å². The van der Waals surface area contributed by atoms with Crippen LogP contribution in [0.15, 0.2) is 48.5 Å². The minimum atomic E-state index is -0.0474. The molecule has 3 nitrogen and oxygen atoms in total. The second-order valence-corrected chi connectivity index (χ2v) is 4.55. The van der Waals surface area contributed by atoms with Crippen molar-refractivity contribution in [1.29, 1.82) is 0 Å². The number of benzene rings is 2. The number of hydrogen-bond donors (Lipinski definition) is 2. The van der Waals surface area contributed by atoms with E-state index in [0.29, 0.717) is 6.54 Å². The summed E-state index contributed by atoms with van der Waals surface area (Å²) in [4.78, 5) is 11.8. The summed E-state index contributed by atoms with van der Waals surface area (Å²) < 4.78 is 0. The molecule has 0 saturated carbocycles. The van der Waals surface area contributed by atoms with Crippen molar-refractivity contribution in [3.63, 3.8) is 0 Å². The lowest BCUT2D eigenvalue weighted by Gasteiger charge is -2.08. The maximum Gasteiger partial charge on any atom is 0.224 e. The fraction of sp³-hybridized carbons (Fsp3) is 0.188. The number of nitrogens with one attached hydrogen (secondary N) is 1. The zero-order chi connectivity index (χ0) is 13.7. The van der Waals surface area contributed by atoms with Crippen LogP contribution in [0.1, 0.15) is 16.7 Å². The minimum Gasteiger partial charge on any atom is -0.508 e. The molecule has 0 unspecified atom stereocenters. The molecule has 2 aromatic carbocycles. The van der Waals surface area contributed by atoms with E-state index in [2.05, 4.69) is 5.32 Å². The number of carbonyl (C=O) groups is 1. The Morgan fingerprint density at radius 3 is 2.68 bits per heavy atom. The highest BCUT2D eigenvalue weighted by Crippen LogP contribution is 2.11. The van der Waals surface area contributed by atoms with Crippen molar-refractivity contribution in [2.45, 2.75) is 19.9 Å². The van der Waals surface area contributed by atoms with Gasteiger partial charge in [-0.25, -0.2) is 0 Å². The molecule has 0 bridgehead atoms. The summed E-state index contributed by atoms with van der Waals surface area (Å²) in [5.41, 5.74) is 3.09. The van der Waals surface area contributed by atoms with Crippen LogP contribution in [0, 0.1) is 6.92 Å². The van der Waals surface area contributed by atoms with Crippen LogP contribution in [-0.2, 0) is 17.8 Å². The third kappa shape index (κ3) is 3.85. The maximum absolute atomic E-state index is 11.8. The highest BCUT2D eigenvalue weighted by atomic mass is 16.3. The lowest BCUT2D eigenvalue weighted by Crippen LogP contribution is -2.24. The zero-order valence-corrected chi connectivity index (χ0v) is 10.9. The van der Waals surface area contributed by atoms with Gasteiger partial charge in [0.25, 0.3) is 0 Å². The van der Waals surface area contributed by atoms with E-state index in [1.807, 2.05) is 37.3 Å². The predicted octanol–water partition coefficient (Wildman–Crippen LogP) is 2.56. The summed E-state index contributed by atoms with van der Waals surface area (Å²) in [5.74, 6) is 0.137. The Labute approximate surface area is 112 Å². The number of phenolic OH excluding ortho intramolecular Hbond substituents is 1. The van der Waals surface area contributed by atoms with E-state index in [1.165, 1.54) is 5.56 Å². The Bertz CT molecular complexity index is 578. The smallest absolute Gasteiger partial charge is 0.224 e. The summed E-state index contributed by atoms with van der Waals surface area (Å²) in [6.45, 7) is 2.56. The van der Waals surface area contributed by atoms with Crippen LogP contribution in [0.25, 0.3) is 0 Å². The van der Waals surface area contributed by atoms with E-state index in [9.17, 15) is 9.90 Å². The molecule has 0 aliphatic carbocycles. The third-order valence-electron chi connectivity index (χ3n) is 3.01. The van der Waals surface area contributed by atoms with Gasteiger partial charge in [-0.3, -0.25) is 4.79 Å². The second-order valence-electron chi connectivity index (χ2n) is 4.55. The molecule has 0 aliphatic heterocycles. The standard InChI is InChI=1S/C16H17NO2/c1-12-5-2-3-7-14(12)11-17-16(19)10-13-6-4-8-15(18)9-13/h2-9,18H,10-11H2,1H3,(H,17,19). The molecule has 0 aromatic heterocycles. The summed E-state index contributed by atoms with van der Waals surface area (Å²) >= 11 is 0. The molecule has 1 amide bonds. The average molecular weight is 255 g/mol. The molecule has 19 heavy (non-hydrogen) atoms. The Morgan fingerprint density at radius 1 is 1.16 bits per heavy atom. The van der Waals surface area contributed by atoms with Crippen LogP contribution in [0.2, 0.25) is 0 Å². The molecule has 0 spiro atoms. The molecular formula is C16H17NO2. The molecule has 0 heterocycles. The predicted molar refractivity (Wildman–Crippen MR) is 74.8 cm³/mol. The molecular weight excluding hydrogens is 238 g/mol. The van der Waals surface area contributed by atoms with Gasteiger partial charge in [0.2, 0.25) is 5.91 Å². The fourth-order valence-electron chi connectivity index (χ4n) is 1.92. The van der Waals surface area contributed by atoms with Crippen LogP contribution in [0.4, 0.5) is 0 Å². The molecule has 2 N–H and O–H groups in total. The van der Waals surface area contributed by atoms with Crippen LogP contribution < -0.4 is 5.32 Å². The van der Waals surface area contributed by atoms with Gasteiger partial charge in [0.1, 0.15) is 5.75 Å². The summed E-state index contributed by atoms with van der Waals surface area (Å²) in [6.07, 6.45) is 0.278. The van der Waals surface area contributed by atoms with Crippen LogP contribution in [0.3, 0.4) is 0 Å². The number of carbonyl (C=O) groups excluding carboxylic acids is 1. The second kappa shape index (κ2) is 6.05. The number of rotatable bonds is 4. The monoisotopic (exact) mass is 255 g/mol. The Balaban J connectivity index is 1.90. The van der Waals surface area contributed by atoms with Gasteiger partial charge in [-0.15, -0.1) is 0 Å². The lowest BCUT2D eigenvalue weighted by atomic mass is 10.1. The largest absolute Gasteiger partial charge is 0.508 e. The SMILES string of the molecule is Cc1ccccc1CNC(=O)Cc1cccc(O)c1. The number of hydrogen-bond acceptors (Lipinski definition) is 2. The van der Waals surface area contributed by atoms with Gasteiger partial charge in [-0.2, -0.15) is 0 Å². The molecule has 0 radical (unpaired) electrons. The maximum atomic E-state index is 11.8. The zero-order valence-electron chi connectivity index (χ0n) is 10.9. The first-order chi connectivity index (χ1) is 9.15. The Kier molecular flexibility index (Phi) is 4.18. The van der Waals surface area contributed by atoms with E-state index in [4.69, 9.17) is 0 Å². The summed E-state index contributed by atoms with van der Waals surface area (Å²) in [5, 5.41) is 12.2. The van der Waals surface area contributed by atoms with Crippen molar-refractivity contribution in [2.75, 3.05) is 0 Å². The summed E-state index contributed by atoms with van der Waals surface area (Å²) in [6, 6.07) is 14.7. The number of phenols is 1. The molecule has 2 rings (SSSR count). The topological polar surface area (TPSA) is 49.3 Å². The van der Waals surface area contributed by atoms with Gasteiger partial charge in [0.15, 0.2) is 0 Å². The molecule has 0 saturated heterocycles. The van der Waals surface area contributed by atoms with Crippen molar-refractivity contribution in [3.8, 4) is 5.75 Å². The van der Waals surface area contributed by atoms with E-state index in [0.717, 1.165) is 11.1 Å². The van der Waals surface area contributed by atoms with Gasteiger partial charge in [-0.1, -0.05) is 36.4 Å². The molecule has 0 atom stereocenters. The van der Waals surface area contributed by atoms with Crippen molar-refractivity contribution < 1.29 is 9.90 Å². The average Bonchev–Trinajstić information content (AvgIpc) is 2.38. The highest BCUT2D eigenvalue weighted by Gasteiger charge is 2.04. The normalized spacial score (nSPS) is 10.2. The van der Waals surface area contributed by atoms with Gasteiger partial charge in [0, 0.05) is 6.54 Å². The van der Waals surface area contributed by atoms with Gasteiger partial charge in [-0.05, 0) is 35.7 Å². The Morgan fingerprint density at radius 2 is 1.95 bits per heavy atom. The fourth-order valence-corrected chi connectivity index (χ4v) is 1.92. The first-order valence-corrected chi connectivity index (χ1v) is 6.24. The third-order valence-corrected chi connectivity index (χ3v) is 3.01. The molecule has 3 heteroatoms. The summed E-state index contributed by atoms with van der Waals surface area (Å²) in [7, 11) is 0. The van der Waals surface area contributed by atoms with E-state index in [1.54, 1.807) is 18.2 Å². The van der Waals surface area contributed by atoms with Crippen LogP contribution >= 0.6 is 0 Å². The molecule has 98 valence electrons. The first kappa shape index (κ1) is 13.1. The Hall–Kier alpha value is -2.29. The van der Waals surface area contributed by atoms with Crippen LogP contribution in [0.5, 0.6) is 5.75 Å². The van der Waals surface area contributed by atoms with Crippen molar-refractivity contribution >= 4 is 5.91 Å². The van der Waals surface area contributed by atoms with Gasteiger partial charge < -0.3 is 10.4 Å². The molecule has 2 aromatic rings. The van der Waals surface area contributed by atoms with Crippen molar-refractivity contribution in [2.24, 2.45) is 0 Å². The first-order valence-electron chi connectivity index (χ1n) is 6.24. The van der Waals surface area contributed by atoms with E-state index in [-0.39, 0.29) is 18.1 Å². The van der Waals surface area contributed by atoms with Gasteiger partial charge >= 0.3 is 0 Å².